The fourth-order valence-electron chi connectivity index (χ4n) is 2.31. The van der Waals surface area contributed by atoms with Crippen LogP contribution < -0.4 is 5.32 Å². The van der Waals surface area contributed by atoms with Gasteiger partial charge in [-0.2, -0.15) is 0 Å². The number of carbonyl (C=O) groups excluding carboxylic acids is 1. The van der Waals surface area contributed by atoms with Crippen LogP contribution in [0.1, 0.15) is 25.1 Å². The molecule has 1 unspecified atom stereocenters. The molecule has 0 spiro atoms. The molecule has 20 heavy (non-hydrogen) atoms. The van der Waals surface area contributed by atoms with E-state index in [9.17, 15) is 9.59 Å². The lowest BCUT2D eigenvalue weighted by Gasteiger charge is -2.17. The van der Waals surface area contributed by atoms with E-state index in [0.29, 0.717) is 31.9 Å². The molecule has 0 bridgehead atoms. The maximum absolute atomic E-state index is 12.0. The number of nitrogens with zero attached hydrogens (tertiary/aromatic N) is 4. The van der Waals surface area contributed by atoms with Gasteiger partial charge in [-0.1, -0.05) is 0 Å². The third-order valence-electron chi connectivity index (χ3n) is 3.54. The zero-order chi connectivity index (χ0) is 14.5. The number of aliphatic carboxylic acids is 1. The van der Waals surface area contributed by atoms with E-state index in [0.717, 1.165) is 6.42 Å². The fraction of sp³-hybridized carbons (Fsp3) is 0.667. The largest absolute Gasteiger partial charge is 0.481 e. The molecule has 0 saturated carbocycles. The standard InChI is InChI=1S/C12H19N5O3/c1-16-8-14-15-10(16)6-13-12(20)17-5-4-9(7-17)2-3-11(18)19/h8-9H,2-7H2,1H3,(H,13,20)(H,18,19). The van der Waals surface area contributed by atoms with Crippen LogP contribution in [0.5, 0.6) is 0 Å². The number of hydrogen-bond donors (Lipinski definition) is 2. The van der Waals surface area contributed by atoms with Gasteiger partial charge < -0.3 is 19.9 Å². The summed E-state index contributed by atoms with van der Waals surface area (Å²) in [5, 5.41) is 19.1. The summed E-state index contributed by atoms with van der Waals surface area (Å²) in [4.78, 5) is 24.2. The van der Waals surface area contributed by atoms with E-state index in [-0.39, 0.29) is 18.4 Å². The summed E-state index contributed by atoms with van der Waals surface area (Å²) >= 11 is 0. The van der Waals surface area contributed by atoms with Gasteiger partial charge in [0.2, 0.25) is 0 Å². The topological polar surface area (TPSA) is 100 Å². The Morgan fingerprint density at radius 2 is 2.35 bits per heavy atom. The molecule has 0 radical (unpaired) electrons. The molecule has 1 aliphatic rings. The number of amides is 2. The van der Waals surface area contributed by atoms with Gasteiger partial charge in [-0.3, -0.25) is 4.79 Å². The number of aryl methyl sites for hydroxylation is 1. The quantitative estimate of drug-likeness (QED) is 0.803. The Hall–Kier alpha value is -2.12. The molecule has 2 amide bonds. The summed E-state index contributed by atoms with van der Waals surface area (Å²) in [7, 11) is 1.82. The van der Waals surface area contributed by atoms with E-state index >= 15 is 0 Å². The number of hydrogen-bond acceptors (Lipinski definition) is 4. The second-order valence-electron chi connectivity index (χ2n) is 5.05. The summed E-state index contributed by atoms with van der Waals surface area (Å²) in [6, 6.07) is -0.133. The Bertz CT molecular complexity index is 487. The molecule has 0 aromatic carbocycles. The smallest absolute Gasteiger partial charge is 0.317 e. The van der Waals surface area contributed by atoms with Crippen molar-refractivity contribution in [3.63, 3.8) is 0 Å². The molecule has 1 atom stereocenters. The fourth-order valence-corrected chi connectivity index (χ4v) is 2.31. The minimum atomic E-state index is -0.782. The van der Waals surface area contributed by atoms with E-state index in [4.69, 9.17) is 5.11 Å². The van der Waals surface area contributed by atoms with E-state index in [1.54, 1.807) is 15.8 Å². The van der Waals surface area contributed by atoms with Crippen LogP contribution in [0.2, 0.25) is 0 Å². The molecule has 2 N–H and O–H groups in total. The maximum atomic E-state index is 12.0. The van der Waals surface area contributed by atoms with Gasteiger partial charge in [0.25, 0.3) is 0 Å². The van der Waals surface area contributed by atoms with Crippen molar-refractivity contribution >= 4 is 12.0 Å². The minimum Gasteiger partial charge on any atom is -0.481 e. The van der Waals surface area contributed by atoms with Crippen molar-refractivity contribution in [3.8, 4) is 0 Å². The van der Waals surface area contributed by atoms with Crippen molar-refractivity contribution in [2.75, 3.05) is 13.1 Å². The number of urea groups is 1. The van der Waals surface area contributed by atoms with Crippen molar-refractivity contribution in [2.45, 2.75) is 25.8 Å². The summed E-state index contributed by atoms with van der Waals surface area (Å²) < 4.78 is 1.75. The van der Waals surface area contributed by atoms with Crippen molar-refractivity contribution < 1.29 is 14.7 Å². The Morgan fingerprint density at radius 1 is 1.55 bits per heavy atom. The van der Waals surface area contributed by atoms with Crippen LogP contribution in [0.25, 0.3) is 0 Å². The Morgan fingerprint density at radius 3 is 3.00 bits per heavy atom. The number of carboxylic acids is 1. The van der Waals surface area contributed by atoms with Gasteiger partial charge in [-0.25, -0.2) is 4.79 Å². The highest BCUT2D eigenvalue weighted by molar-refractivity contribution is 5.74. The van der Waals surface area contributed by atoms with Gasteiger partial charge in [0.05, 0.1) is 6.54 Å². The lowest BCUT2D eigenvalue weighted by atomic mass is 10.0. The van der Waals surface area contributed by atoms with Crippen LogP contribution in [0, 0.1) is 5.92 Å². The Balaban J connectivity index is 1.74. The predicted octanol–water partition coefficient (Wildman–Crippen LogP) is 0.211. The van der Waals surface area contributed by atoms with Crippen LogP contribution in [-0.4, -0.2) is 49.9 Å². The molecule has 1 saturated heterocycles. The van der Waals surface area contributed by atoms with Crippen LogP contribution in [0.15, 0.2) is 6.33 Å². The number of carbonyl (C=O) groups is 2. The number of rotatable bonds is 5. The van der Waals surface area contributed by atoms with Gasteiger partial charge in [0, 0.05) is 26.6 Å². The monoisotopic (exact) mass is 281 g/mol. The number of carboxylic acid groups (broad SMARTS) is 1. The van der Waals surface area contributed by atoms with Crippen molar-refractivity contribution in [1.29, 1.82) is 0 Å². The van der Waals surface area contributed by atoms with Crippen molar-refractivity contribution in [3.05, 3.63) is 12.2 Å². The second kappa shape index (κ2) is 6.36. The van der Waals surface area contributed by atoms with Gasteiger partial charge in [-0.15, -0.1) is 10.2 Å². The van der Waals surface area contributed by atoms with Gasteiger partial charge in [0.15, 0.2) is 5.82 Å². The molecule has 1 aromatic rings. The highest BCUT2D eigenvalue weighted by Crippen LogP contribution is 2.20. The minimum absolute atomic E-state index is 0.133. The summed E-state index contributed by atoms with van der Waals surface area (Å²) in [6.07, 6.45) is 3.24. The first-order valence-corrected chi connectivity index (χ1v) is 6.63. The van der Waals surface area contributed by atoms with Crippen molar-refractivity contribution in [1.82, 2.24) is 25.0 Å². The van der Waals surface area contributed by atoms with E-state index in [1.165, 1.54) is 0 Å². The zero-order valence-electron chi connectivity index (χ0n) is 11.4. The first-order chi connectivity index (χ1) is 9.56. The summed E-state index contributed by atoms with van der Waals surface area (Å²) in [5.41, 5.74) is 0. The van der Waals surface area contributed by atoms with Crippen LogP contribution in [0.4, 0.5) is 4.79 Å². The highest BCUT2D eigenvalue weighted by atomic mass is 16.4. The molecule has 2 heterocycles. The molecule has 8 heteroatoms. The van der Waals surface area contributed by atoms with E-state index in [1.807, 2.05) is 7.05 Å². The Kier molecular flexibility index (Phi) is 4.54. The molecule has 1 fully saturated rings. The molecular formula is C12H19N5O3. The molecule has 1 aliphatic heterocycles. The van der Waals surface area contributed by atoms with E-state index in [2.05, 4.69) is 15.5 Å². The Labute approximate surface area is 116 Å². The molecule has 1 aromatic heterocycles. The molecule has 8 nitrogen and oxygen atoms in total. The molecular weight excluding hydrogens is 262 g/mol. The third kappa shape index (κ3) is 3.69. The predicted molar refractivity (Wildman–Crippen MR) is 69.8 cm³/mol. The zero-order valence-corrected chi connectivity index (χ0v) is 11.4. The number of likely N-dealkylation sites (tertiary alicyclic amines) is 1. The van der Waals surface area contributed by atoms with Crippen LogP contribution in [-0.2, 0) is 18.4 Å². The van der Waals surface area contributed by atoms with E-state index < -0.39 is 5.97 Å². The lowest BCUT2D eigenvalue weighted by molar-refractivity contribution is -0.137. The number of aromatic nitrogens is 3. The molecule has 2 rings (SSSR count). The van der Waals surface area contributed by atoms with Crippen molar-refractivity contribution in [2.24, 2.45) is 13.0 Å². The SMILES string of the molecule is Cn1cnnc1CNC(=O)N1CCC(CCC(=O)O)C1. The van der Waals surface area contributed by atoms with Crippen LogP contribution >= 0.6 is 0 Å². The van der Waals surface area contributed by atoms with Crippen LogP contribution in [0.3, 0.4) is 0 Å². The lowest BCUT2D eigenvalue weighted by Crippen LogP contribution is -2.38. The normalized spacial score (nSPS) is 18.2. The summed E-state index contributed by atoms with van der Waals surface area (Å²) in [5.74, 6) is 0.196. The number of nitrogens with one attached hydrogen (secondary N) is 1. The molecule has 110 valence electrons. The molecule has 0 aliphatic carbocycles. The average molecular weight is 281 g/mol. The first-order valence-electron chi connectivity index (χ1n) is 6.63. The van der Waals surface area contributed by atoms with Gasteiger partial charge in [0.1, 0.15) is 6.33 Å². The average Bonchev–Trinajstić information content (AvgIpc) is 3.02. The maximum Gasteiger partial charge on any atom is 0.317 e. The first kappa shape index (κ1) is 14.3. The van der Waals surface area contributed by atoms with Gasteiger partial charge in [-0.05, 0) is 18.8 Å². The second-order valence-corrected chi connectivity index (χ2v) is 5.05. The summed E-state index contributed by atoms with van der Waals surface area (Å²) in [6.45, 7) is 1.64. The highest BCUT2D eigenvalue weighted by Gasteiger charge is 2.26. The van der Waals surface area contributed by atoms with Gasteiger partial charge >= 0.3 is 12.0 Å². The third-order valence-corrected chi connectivity index (χ3v) is 3.54.